The zero-order valence-electron chi connectivity index (χ0n) is 6.33. The Morgan fingerprint density at radius 3 is 2.50 bits per heavy atom. The monoisotopic (exact) mass is 192 g/mol. The molecule has 0 aliphatic rings. The second-order valence-electron chi connectivity index (χ2n) is 2.31. The fourth-order valence-corrected chi connectivity index (χ4v) is 0.735. The number of ketones is 2. The average molecular weight is 193 g/mol. The van der Waals surface area contributed by atoms with Gasteiger partial charge in [0.1, 0.15) is 5.78 Å². The van der Waals surface area contributed by atoms with Crippen molar-refractivity contribution in [2.24, 2.45) is 0 Å². The topological polar surface area (TPSA) is 71.4 Å². The number of aldehydes is 1. The maximum atomic E-state index is 10.8. The summed E-state index contributed by atoms with van der Waals surface area (Å²) in [6.07, 6.45) is -1.47. The standard InChI is InChI=1S/C7H9ClO4/c8-3-6(11)1-5(10)2-7(12)4-9/h4,6,11H,1-3H2. The number of aliphatic hydroxyl groups is 1. The molecule has 1 unspecified atom stereocenters. The third-order valence-electron chi connectivity index (χ3n) is 1.14. The number of Topliss-reactive ketones (excluding diaryl/α,β-unsaturated/α-hetero) is 2. The van der Waals surface area contributed by atoms with Crippen molar-refractivity contribution in [1.29, 1.82) is 0 Å². The molecule has 0 spiro atoms. The van der Waals surface area contributed by atoms with Crippen molar-refractivity contribution in [2.75, 3.05) is 5.88 Å². The molecular formula is C7H9ClO4. The zero-order valence-corrected chi connectivity index (χ0v) is 7.08. The van der Waals surface area contributed by atoms with E-state index in [0.29, 0.717) is 0 Å². The summed E-state index contributed by atoms with van der Waals surface area (Å²) in [5, 5.41) is 8.86. The fourth-order valence-electron chi connectivity index (χ4n) is 0.626. The number of carbonyl (C=O) groups excluding carboxylic acids is 3. The first-order valence-corrected chi connectivity index (χ1v) is 3.87. The summed E-state index contributed by atoms with van der Waals surface area (Å²) in [5.41, 5.74) is 0. The molecule has 4 nitrogen and oxygen atoms in total. The number of alkyl halides is 1. The molecule has 12 heavy (non-hydrogen) atoms. The quantitative estimate of drug-likeness (QED) is 0.272. The summed E-state index contributed by atoms with van der Waals surface area (Å²) in [7, 11) is 0. The maximum absolute atomic E-state index is 10.8. The Morgan fingerprint density at radius 1 is 1.50 bits per heavy atom. The molecule has 0 rings (SSSR count). The lowest BCUT2D eigenvalue weighted by molar-refractivity contribution is -0.133. The maximum Gasteiger partial charge on any atom is 0.202 e. The van der Waals surface area contributed by atoms with Gasteiger partial charge in [0.15, 0.2) is 6.29 Å². The summed E-state index contributed by atoms with van der Waals surface area (Å²) >= 11 is 5.21. The highest BCUT2D eigenvalue weighted by atomic mass is 35.5. The van der Waals surface area contributed by atoms with Crippen LogP contribution in [-0.2, 0) is 14.4 Å². The lowest BCUT2D eigenvalue weighted by atomic mass is 10.1. The second kappa shape index (κ2) is 5.85. The van der Waals surface area contributed by atoms with Crippen LogP contribution in [0.5, 0.6) is 0 Å². The first kappa shape index (κ1) is 11.3. The molecule has 0 saturated carbocycles. The number of hydrogen-bond acceptors (Lipinski definition) is 4. The molecule has 0 fully saturated rings. The van der Waals surface area contributed by atoms with Crippen molar-refractivity contribution in [3.05, 3.63) is 0 Å². The molecule has 0 heterocycles. The first-order chi connectivity index (χ1) is 5.60. The molecule has 0 amide bonds. The van der Waals surface area contributed by atoms with Gasteiger partial charge in [-0.3, -0.25) is 14.4 Å². The SMILES string of the molecule is O=CC(=O)CC(=O)CC(O)CCl. The number of hydrogen-bond donors (Lipinski definition) is 1. The van der Waals surface area contributed by atoms with Crippen LogP contribution in [0.3, 0.4) is 0 Å². The van der Waals surface area contributed by atoms with Gasteiger partial charge in [-0.25, -0.2) is 0 Å². The van der Waals surface area contributed by atoms with E-state index in [-0.39, 0.29) is 18.6 Å². The van der Waals surface area contributed by atoms with Crippen molar-refractivity contribution in [3.63, 3.8) is 0 Å². The van der Waals surface area contributed by atoms with Gasteiger partial charge in [0.25, 0.3) is 0 Å². The molecule has 1 N–H and O–H groups in total. The predicted molar refractivity (Wildman–Crippen MR) is 42.0 cm³/mol. The minimum absolute atomic E-state index is 0.0545. The average Bonchev–Trinajstić information content (AvgIpc) is 2.03. The van der Waals surface area contributed by atoms with E-state index in [1.165, 1.54) is 0 Å². The number of halogens is 1. The van der Waals surface area contributed by atoms with Crippen LogP contribution in [0.2, 0.25) is 0 Å². The van der Waals surface area contributed by atoms with E-state index in [1.54, 1.807) is 0 Å². The van der Waals surface area contributed by atoms with Crippen molar-refractivity contribution < 1.29 is 19.5 Å². The molecule has 0 bridgehead atoms. The molecule has 0 aromatic rings. The van der Waals surface area contributed by atoms with Gasteiger partial charge in [-0.05, 0) is 0 Å². The first-order valence-electron chi connectivity index (χ1n) is 3.34. The summed E-state index contributed by atoms with van der Waals surface area (Å²) in [6.45, 7) is 0. The van der Waals surface area contributed by atoms with E-state index in [2.05, 4.69) is 0 Å². The van der Waals surface area contributed by atoms with Crippen LogP contribution < -0.4 is 0 Å². The highest BCUT2D eigenvalue weighted by Gasteiger charge is 2.12. The van der Waals surface area contributed by atoms with E-state index in [4.69, 9.17) is 16.7 Å². The number of carbonyl (C=O) groups is 3. The van der Waals surface area contributed by atoms with Crippen LogP contribution in [0.15, 0.2) is 0 Å². The Morgan fingerprint density at radius 2 is 2.08 bits per heavy atom. The van der Waals surface area contributed by atoms with Gasteiger partial charge < -0.3 is 5.11 Å². The molecule has 0 aliphatic carbocycles. The normalized spacial score (nSPS) is 12.2. The van der Waals surface area contributed by atoms with Crippen molar-refractivity contribution >= 4 is 29.5 Å². The number of aliphatic hydroxyl groups excluding tert-OH is 1. The van der Waals surface area contributed by atoms with Gasteiger partial charge in [0, 0.05) is 12.3 Å². The van der Waals surface area contributed by atoms with E-state index in [1.807, 2.05) is 0 Å². The van der Waals surface area contributed by atoms with E-state index < -0.39 is 24.1 Å². The Bertz CT molecular complexity index is 190. The Balaban J connectivity index is 3.74. The summed E-state index contributed by atoms with van der Waals surface area (Å²) in [4.78, 5) is 31.0. The molecule has 5 heteroatoms. The lowest BCUT2D eigenvalue weighted by Crippen LogP contribution is -2.17. The predicted octanol–water partition coefficient (Wildman–Crippen LogP) is -0.297. The summed E-state index contributed by atoms with van der Waals surface area (Å²) in [6, 6.07) is 0. The lowest BCUT2D eigenvalue weighted by Gasteiger charge is -2.02. The molecule has 1 atom stereocenters. The summed E-state index contributed by atoms with van der Waals surface area (Å²) in [5.74, 6) is -1.30. The molecule has 0 aromatic carbocycles. The van der Waals surface area contributed by atoms with Crippen LogP contribution in [0, 0.1) is 0 Å². The molecule has 0 radical (unpaired) electrons. The van der Waals surface area contributed by atoms with Crippen LogP contribution in [0.4, 0.5) is 0 Å². The van der Waals surface area contributed by atoms with Gasteiger partial charge in [-0.2, -0.15) is 0 Å². The van der Waals surface area contributed by atoms with Crippen molar-refractivity contribution in [3.8, 4) is 0 Å². The molecule has 0 saturated heterocycles. The summed E-state index contributed by atoms with van der Waals surface area (Å²) < 4.78 is 0. The van der Waals surface area contributed by atoms with Crippen molar-refractivity contribution in [2.45, 2.75) is 18.9 Å². The van der Waals surface area contributed by atoms with Crippen molar-refractivity contribution in [1.82, 2.24) is 0 Å². The van der Waals surface area contributed by atoms with E-state index in [9.17, 15) is 14.4 Å². The Labute approximate surface area is 74.5 Å². The molecule has 0 aliphatic heterocycles. The van der Waals surface area contributed by atoms with Crippen LogP contribution >= 0.6 is 11.6 Å². The minimum Gasteiger partial charge on any atom is -0.391 e. The van der Waals surface area contributed by atoms with Crippen LogP contribution in [0.1, 0.15) is 12.8 Å². The fraction of sp³-hybridized carbons (Fsp3) is 0.571. The van der Waals surface area contributed by atoms with Gasteiger partial charge in [0.05, 0.1) is 12.5 Å². The Kier molecular flexibility index (Phi) is 5.49. The van der Waals surface area contributed by atoms with Gasteiger partial charge in [-0.15, -0.1) is 11.6 Å². The third-order valence-corrected chi connectivity index (χ3v) is 1.50. The zero-order chi connectivity index (χ0) is 9.56. The van der Waals surface area contributed by atoms with Gasteiger partial charge in [0.2, 0.25) is 5.78 Å². The van der Waals surface area contributed by atoms with Gasteiger partial charge >= 0.3 is 0 Å². The molecule has 0 aromatic heterocycles. The highest BCUT2D eigenvalue weighted by Crippen LogP contribution is 1.98. The van der Waals surface area contributed by atoms with Crippen LogP contribution in [0.25, 0.3) is 0 Å². The second-order valence-corrected chi connectivity index (χ2v) is 2.62. The number of rotatable bonds is 6. The third kappa shape index (κ3) is 4.98. The smallest absolute Gasteiger partial charge is 0.202 e. The Hall–Kier alpha value is -0.740. The van der Waals surface area contributed by atoms with Crippen LogP contribution in [-0.4, -0.2) is 34.9 Å². The molecule has 68 valence electrons. The van der Waals surface area contributed by atoms with E-state index in [0.717, 1.165) is 0 Å². The van der Waals surface area contributed by atoms with Gasteiger partial charge in [-0.1, -0.05) is 0 Å². The van der Waals surface area contributed by atoms with E-state index >= 15 is 0 Å². The highest BCUT2D eigenvalue weighted by molar-refractivity contribution is 6.29. The minimum atomic E-state index is -0.932. The molecular weight excluding hydrogens is 184 g/mol. The largest absolute Gasteiger partial charge is 0.391 e.